The van der Waals surface area contributed by atoms with Crippen LogP contribution in [0, 0.1) is 5.92 Å². The molecule has 1 aromatic carbocycles. The van der Waals surface area contributed by atoms with Gasteiger partial charge in [-0.2, -0.15) is 0 Å². The number of ether oxygens (including phenoxy) is 1. The third-order valence-electron chi connectivity index (χ3n) is 3.41. The molecule has 0 bridgehead atoms. The Morgan fingerprint density at radius 2 is 1.90 bits per heavy atom. The van der Waals surface area contributed by atoms with E-state index < -0.39 is 20.9 Å². The molecular formula is C13H18O5S2. The molecule has 20 heavy (non-hydrogen) atoms. The van der Waals surface area contributed by atoms with E-state index in [0.717, 1.165) is 19.3 Å². The summed E-state index contributed by atoms with van der Waals surface area (Å²) >= 11 is -2.08. The number of hydrogen-bond acceptors (Lipinski definition) is 4. The Bertz CT molecular complexity index is 557. The first-order valence-corrected chi connectivity index (χ1v) is 9.26. The maximum atomic E-state index is 12.3. The van der Waals surface area contributed by atoms with Gasteiger partial charge in [-0.15, -0.1) is 0 Å². The molecule has 1 saturated heterocycles. The van der Waals surface area contributed by atoms with Gasteiger partial charge in [-0.25, -0.2) is 12.6 Å². The van der Waals surface area contributed by atoms with E-state index in [9.17, 15) is 12.6 Å². The van der Waals surface area contributed by atoms with Gasteiger partial charge in [-0.1, -0.05) is 0 Å². The van der Waals surface area contributed by atoms with Crippen molar-refractivity contribution < 1.29 is 21.9 Å². The highest BCUT2D eigenvalue weighted by atomic mass is 32.2. The average molecular weight is 318 g/mol. The molecule has 0 aliphatic carbocycles. The van der Waals surface area contributed by atoms with Gasteiger partial charge in [0.05, 0.1) is 15.5 Å². The molecule has 1 N–H and O–H groups in total. The van der Waals surface area contributed by atoms with Crippen LogP contribution in [0.25, 0.3) is 0 Å². The second kappa shape index (κ2) is 6.80. The highest BCUT2D eigenvalue weighted by molar-refractivity contribution is 7.91. The molecule has 0 aromatic heterocycles. The highest BCUT2D eigenvalue weighted by Gasteiger charge is 2.22. The minimum Gasteiger partial charge on any atom is -0.381 e. The third-order valence-corrected chi connectivity index (χ3v) is 5.99. The second-order valence-corrected chi connectivity index (χ2v) is 7.92. The van der Waals surface area contributed by atoms with Crippen molar-refractivity contribution in [2.45, 2.75) is 29.1 Å². The Morgan fingerprint density at radius 3 is 2.55 bits per heavy atom. The fourth-order valence-corrected chi connectivity index (χ4v) is 4.37. The number of rotatable bonds is 4. The molecule has 0 spiro atoms. The summed E-state index contributed by atoms with van der Waals surface area (Å²) in [7, 11) is -3.35. The first kappa shape index (κ1) is 15.6. The van der Waals surface area contributed by atoms with Crippen LogP contribution in [-0.4, -0.2) is 36.1 Å². The fraction of sp³-hybridized carbons (Fsp3) is 0.538. The van der Waals surface area contributed by atoms with Crippen molar-refractivity contribution in [1.29, 1.82) is 0 Å². The zero-order chi connectivity index (χ0) is 14.6. The van der Waals surface area contributed by atoms with Crippen LogP contribution < -0.4 is 0 Å². The summed E-state index contributed by atoms with van der Waals surface area (Å²) in [5.41, 5.74) is 0. The smallest absolute Gasteiger partial charge is 0.186 e. The zero-order valence-electron chi connectivity index (χ0n) is 11.0. The maximum absolute atomic E-state index is 12.3. The van der Waals surface area contributed by atoms with Gasteiger partial charge in [0.15, 0.2) is 20.9 Å². The normalized spacial score (nSPS) is 22.1. The van der Waals surface area contributed by atoms with E-state index in [1.54, 1.807) is 0 Å². The molecule has 1 aliphatic rings. The van der Waals surface area contributed by atoms with Gasteiger partial charge in [0.2, 0.25) is 0 Å². The van der Waals surface area contributed by atoms with Gasteiger partial charge in [0, 0.05) is 13.2 Å². The Balaban J connectivity index is 2.10. The van der Waals surface area contributed by atoms with E-state index >= 15 is 0 Å². The number of benzene rings is 1. The molecule has 2 atom stereocenters. The third kappa shape index (κ3) is 4.12. The molecule has 1 fully saturated rings. The Morgan fingerprint density at radius 1 is 1.20 bits per heavy atom. The first-order chi connectivity index (χ1) is 9.49. The van der Waals surface area contributed by atoms with Crippen molar-refractivity contribution in [3.8, 4) is 0 Å². The summed E-state index contributed by atoms with van der Waals surface area (Å²) in [6.45, 7) is 1.32. The standard InChI is InChI=1S/C13H18O5S2/c14-19(15)12-3-5-13(6-4-12)20(16,17)10-11-2-1-8-18-9-7-11/h3-6,11H,1-2,7-10H2,(H,14,15). The largest absolute Gasteiger partial charge is 0.381 e. The fourth-order valence-electron chi connectivity index (χ4n) is 2.31. The van der Waals surface area contributed by atoms with Gasteiger partial charge in [0.25, 0.3) is 0 Å². The molecule has 112 valence electrons. The lowest BCUT2D eigenvalue weighted by molar-refractivity contribution is 0.142. The molecule has 1 heterocycles. The lowest BCUT2D eigenvalue weighted by Gasteiger charge is -2.13. The summed E-state index contributed by atoms with van der Waals surface area (Å²) < 4.78 is 49.7. The molecule has 0 saturated carbocycles. The van der Waals surface area contributed by atoms with Crippen LogP contribution in [0.5, 0.6) is 0 Å². The first-order valence-electron chi connectivity index (χ1n) is 6.50. The van der Waals surface area contributed by atoms with E-state index in [1.165, 1.54) is 24.3 Å². The van der Waals surface area contributed by atoms with E-state index in [2.05, 4.69) is 0 Å². The van der Waals surface area contributed by atoms with Crippen molar-refractivity contribution in [2.75, 3.05) is 19.0 Å². The van der Waals surface area contributed by atoms with Gasteiger partial charge < -0.3 is 9.29 Å². The van der Waals surface area contributed by atoms with Crippen LogP contribution in [0.3, 0.4) is 0 Å². The van der Waals surface area contributed by atoms with Gasteiger partial charge in [-0.3, -0.25) is 0 Å². The van der Waals surface area contributed by atoms with Gasteiger partial charge in [0.1, 0.15) is 0 Å². The van der Waals surface area contributed by atoms with Crippen LogP contribution in [0.4, 0.5) is 0 Å². The zero-order valence-corrected chi connectivity index (χ0v) is 12.7. The van der Waals surface area contributed by atoms with E-state index in [-0.39, 0.29) is 21.5 Å². The molecule has 5 nitrogen and oxygen atoms in total. The summed E-state index contributed by atoms with van der Waals surface area (Å²) in [6.07, 6.45) is 2.51. The van der Waals surface area contributed by atoms with Crippen LogP contribution in [0.1, 0.15) is 19.3 Å². The van der Waals surface area contributed by atoms with E-state index in [1.807, 2.05) is 0 Å². The van der Waals surface area contributed by atoms with Crippen molar-refractivity contribution in [3.63, 3.8) is 0 Å². The van der Waals surface area contributed by atoms with Crippen molar-refractivity contribution in [2.24, 2.45) is 5.92 Å². The predicted molar refractivity (Wildman–Crippen MR) is 75.7 cm³/mol. The van der Waals surface area contributed by atoms with Crippen LogP contribution >= 0.6 is 0 Å². The molecule has 2 rings (SSSR count). The summed E-state index contributed by atoms with van der Waals surface area (Å²) in [6, 6.07) is 5.54. The topological polar surface area (TPSA) is 80.7 Å². The summed E-state index contributed by atoms with van der Waals surface area (Å²) in [5.74, 6) is 0.229. The highest BCUT2D eigenvalue weighted by Crippen LogP contribution is 2.22. The maximum Gasteiger partial charge on any atom is 0.186 e. The SMILES string of the molecule is O=S(O)c1ccc(S(=O)(=O)CC2CCCOCC2)cc1. The minimum absolute atomic E-state index is 0.109. The minimum atomic E-state index is -3.35. The van der Waals surface area contributed by atoms with Crippen molar-refractivity contribution >= 4 is 20.9 Å². The van der Waals surface area contributed by atoms with Crippen LogP contribution in [0.2, 0.25) is 0 Å². The Hall–Kier alpha value is -0.760. The molecule has 1 aliphatic heterocycles. The molecule has 0 radical (unpaired) electrons. The number of sulfone groups is 1. The number of hydrogen-bond donors (Lipinski definition) is 1. The molecular weight excluding hydrogens is 300 g/mol. The summed E-state index contributed by atoms with van der Waals surface area (Å²) in [4.78, 5) is 0.406. The van der Waals surface area contributed by atoms with E-state index in [0.29, 0.717) is 13.2 Å². The van der Waals surface area contributed by atoms with E-state index in [4.69, 9.17) is 9.29 Å². The van der Waals surface area contributed by atoms with Crippen molar-refractivity contribution in [1.82, 2.24) is 0 Å². The van der Waals surface area contributed by atoms with Gasteiger partial charge in [-0.05, 0) is 49.4 Å². The van der Waals surface area contributed by atoms with Crippen LogP contribution in [-0.2, 0) is 25.7 Å². The Labute approximate surface area is 121 Å². The monoisotopic (exact) mass is 318 g/mol. The molecule has 1 aromatic rings. The Kier molecular flexibility index (Phi) is 5.31. The predicted octanol–water partition coefficient (Wildman–Crippen LogP) is 1.86. The van der Waals surface area contributed by atoms with Crippen LogP contribution in [0.15, 0.2) is 34.1 Å². The van der Waals surface area contributed by atoms with Gasteiger partial charge >= 0.3 is 0 Å². The molecule has 2 unspecified atom stereocenters. The average Bonchev–Trinajstić information content (AvgIpc) is 2.67. The molecule has 0 amide bonds. The quantitative estimate of drug-likeness (QED) is 0.857. The summed E-state index contributed by atoms with van der Waals surface area (Å²) in [5, 5.41) is 0. The lowest BCUT2D eigenvalue weighted by Crippen LogP contribution is -2.17. The second-order valence-electron chi connectivity index (χ2n) is 4.91. The van der Waals surface area contributed by atoms with Crippen molar-refractivity contribution in [3.05, 3.63) is 24.3 Å². The lowest BCUT2D eigenvalue weighted by atomic mass is 10.0. The molecule has 7 heteroatoms.